The van der Waals surface area contributed by atoms with E-state index in [4.69, 9.17) is 21.0 Å². The average molecular weight is 557 g/mol. The molecular formula is C30H29FN6O4. The van der Waals surface area contributed by atoms with E-state index in [1.165, 1.54) is 12.3 Å². The first-order valence-electron chi connectivity index (χ1n) is 13.6. The summed E-state index contributed by atoms with van der Waals surface area (Å²) in [4.78, 5) is 31.0. The molecule has 2 aliphatic rings. The van der Waals surface area contributed by atoms with Gasteiger partial charge in [-0.25, -0.2) is 24.0 Å². The minimum atomic E-state index is -0.955. The Balaban J connectivity index is 1.10. The van der Waals surface area contributed by atoms with Crippen LogP contribution in [0.2, 0.25) is 0 Å². The predicted octanol–water partition coefficient (Wildman–Crippen LogP) is 4.96. The van der Waals surface area contributed by atoms with Gasteiger partial charge in [0, 0.05) is 24.3 Å². The number of aromatic carboxylic acids is 1. The summed E-state index contributed by atoms with van der Waals surface area (Å²) >= 11 is 0. The summed E-state index contributed by atoms with van der Waals surface area (Å²) in [7, 11) is 0. The van der Waals surface area contributed by atoms with E-state index in [2.05, 4.69) is 24.3 Å². The maximum atomic E-state index is 14.2. The first kappa shape index (κ1) is 26.8. The largest absolute Gasteiger partial charge is 0.478 e. The molecule has 4 aromatic rings. The van der Waals surface area contributed by atoms with Crippen molar-refractivity contribution in [3.05, 3.63) is 88.7 Å². The Morgan fingerprint density at radius 3 is 2.68 bits per heavy atom. The van der Waals surface area contributed by atoms with Crippen LogP contribution < -0.4 is 4.74 Å². The van der Waals surface area contributed by atoms with E-state index in [1.54, 1.807) is 36.5 Å². The van der Waals surface area contributed by atoms with Gasteiger partial charge in [0.15, 0.2) is 5.69 Å². The van der Waals surface area contributed by atoms with Crippen molar-refractivity contribution in [2.45, 2.75) is 51.0 Å². The molecular weight excluding hydrogens is 527 g/mol. The molecule has 2 aliphatic heterocycles. The van der Waals surface area contributed by atoms with Gasteiger partial charge in [-0.05, 0) is 56.6 Å². The molecule has 11 heteroatoms. The van der Waals surface area contributed by atoms with Crippen molar-refractivity contribution in [3.8, 4) is 5.88 Å². The molecule has 0 saturated carbocycles. The number of benzene rings is 2. The fourth-order valence-corrected chi connectivity index (χ4v) is 5.35. The minimum absolute atomic E-state index is 0.00153. The van der Waals surface area contributed by atoms with Gasteiger partial charge in [0.2, 0.25) is 5.88 Å². The summed E-state index contributed by atoms with van der Waals surface area (Å²) in [5.74, 6) is 0.0288. The number of carboxylic acid groups (broad SMARTS) is 1. The molecule has 1 atom stereocenters. The number of nitrogens with zero attached hydrogens (tertiary/aromatic N) is 6. The van der Waals surface area contributed by atoms with Gasteiger partial charge in [0.1, 0.15) is 18.2 Å². The van der Waals surface area contributed by atoms with E-state index in [0.29, 0.717) is 24.5 Å². The number of halogens is 1. The Hall–Kier alpha value is -4.40. The van der Waals surface area contributed by atoms with Crippen molar-refractivity contribution in [3.63, 3.8) is 0 Å². The predicted molar refractivity (Wildman–Crippen MR) is 147 cm³/mol. The number of hydrogen-bond donors (Lipinski definition) is 1. The summed E-state index contributed by atoms with van der Waals surface area (Å²) in [5.41, 5.74) is 3.30. The van der Waals surface area contributed by atoms with Crippen LogP contribution in [0, 0.1) is 12.4 Å². The summed E-state index contributed by atoms with van der Waals surface area (Å²) < 4.78 is 27.7. The highest BCUT2D eigenvalue weighted by atomic mass is 19.1. The Kier molecular flexibility index (Phi) is 7.59. The molecule has 10 nitrogen and oxygen atoms in total. The second-order valence-corrected chi connectivity index (χ2v) is 10.4. The smallest absolute Gasteiger partial charge is 0.335 e. The fourth-order valence-electron chi connectivity index (χ4n) is 5.35. The van der Waals surface area contributed by atoms with Gasteiger partial charge in [-0.3, -0.25) is 9.88 Å². The number of carbonyl (C=O) groups is 1. The quantitative estimate of drug-likeness (QED) is 0.288. The lowest BCUT2D eigenvalue weighted by molar-refractivity contribution is -0.0592. The Morgan fingerprint density at radius 1 is 1.15 bits per heavy atom. The molecule has 2 aromatic heterocycles. The molecule has 210 valence electrons. The third kappa shape index (κ3) is 5.89. The van der Waals surface area contributed by atoms with Crippen LogP contribution in [0.5, 0.6) is 5.88 Å². The zero-order chi connectivity index (χ0) is 28.3. The zero-order valence-electron chi connectivity index (χ0n) is 22.4. The SMILES string of the molecule is [C-]#[N+]c1ccc(COc2cncc(C3CCN(Cc4nc5ccc(C(=O)O)cc5n4C[C@@H]4CCO4)CC3)n2)c(F)c1. The molecule has 4 heterocycles. The van der Waals surface area contributed by atoms with Gasteiger partial charge in [0.25, 0.3) is 0 Å². The van der Waals surface area contributed by atoms with Crippen molar-refractivity contribution >= 4 is 22.7 Å². The highest BCUT2D eigenvalue weighted by Crippen LogP contribution is 2.29. The molecule has 2 aromatic carbocycles. The molecule has 1 N–H and O–H groups in total. The standard InChI is InChI=1S/C30H29FN6O4/c1-32-22-4-2-21(24(31)13-22)18-41-29-15-33-14-26(35-29)19-6-9-36(10-7-19)17-28-34-25-5-3-20(30(38)39)12-27(25)37(28)16-23-8-11-40-23/h2-5,12-15,19,23H,6-11,16-18H2,(H,38,39)/t23-/m0/s1. The van der Waals surface area contributed by atoms with Crippen LogP contribution in [0.3, 0.4) is 0 Å². The van der Waals surface area contributed by atoms with Crippen molar-refractivity contribution in [1.29, 1.82) is 0 Å². The normalized spacial score (nSPS) is 17.7. The summed E-state index contributed by atoms with van der Waals surface area (Å²) in [6.45, 7) is 10.8. The van der Waals surface area contributed by atoms with Gasteiger partial charge in [-0.15, -0.1) is 0 Å². The lowest BCUT2D eigenvalue weighted by Crippen LogP contribution is -2.35. The minimum Gasteiger partial charge on any atom is -0.478 e. The van der Waals surface area contributed by atoms with Crippen molar-refractivity contribution < 1.29 is 23.8 Å². The van der Waals surface area contributed by atoms with Gasteiger partial charge in [-0.1, -0.05) is 12.1 Å². The third-order valence-electron chi connectivity index (χ3n) is 7.80. The summed E-state index contributed by atoms with van der Waals surface area (Å²) in [5, 5.41) is 9.49. The van der Waals surface area contributed by atoms with E-state index in [-0.39, 0.29) is 29.9 Å². The highest BCUT2D eigenvalue weighted by molar-refractivity contribution is 5.92. The number of carboxylic acids is 1. The molecule has 0 spiro atoms. The van der Waals surface area contributed by atoms with Crippen LogP contribution in [0.25, 0.3) is 15.9 Å². The number of rotatable bonds is 9. The molecule has 2 saturated heterocycles. The van der Waals surface area contributed by atoms with Crippen LogP contribution >= 0.6 is 0 Å². The molecule has 0 bridgehead atoms. The maximum absolute atomic E-state index is 14.2. The number of likely N-dealkylation sites (tertiary alicyclic amines) is 1. The molecule has 2 fully saturated rings. The second-order valence-electron chi connectivity index (χ2n) is 10.4. The van der Waals surface area contributed by atoms with Crippen molar-refractivity contribution in [1.82, 2.24) is 24.4 Å². The van der Waals surface area contributed by atoms with Crippen LogP contribution in [-0.2, 0) is 24.4 Å². The summed E-state index contributed by atoms with van der Waals surface area (Å²) in [6, 6.07) is 9.38. The number of imidazole rings is 1. The Morgan fingerprint density at radius 2 is 1.98 bits per heavy atom. The van der Waals surface area contributed by atoms with Gasteiger partial charge >= 0.3 is 5.97 Å². The Bertz CT molecular complexity index is 1620. The second kappa shape index (κ2) is 11.6. The maximum Gasteiger partial charge on any atom is 0.335 e. The van der Waals surface area contributed by atoms with Gasteiger partial charge in [0.05, 0.1) is 54.3 Å². The number of piperidine rings is 1. The lowest BCUT2D eigenvalue weighted by Gasteiger charge is -2.32. The number of aromatic nitrogens is 4. The fraction of sp³-hybridized carbons (Fsp3) is 0.367. The van der Waals surface area contributed by atoms with E-state index in [9.17, 15) is 14.3 Å². The molecule has 6 rings (SSSR count). The third-order valence-corrected chi connectivity index (χ3v) is 7.80. The molecule has 41 heavy (non-hydrogen) atoms. The number of ether oxygens (including phenoxy) is 2. The molecule has 0 radical (unpaired) electrons. The number of fused-ring (bicyclic) bond motifs is 1. The van der Waals surface area contributed by atoms with Gasteiger partial charge in [-0.2, -0.15) is 0 Å². The Labute approximate surface area is 236 Å². The van der Waals surface area contributed by atoms with Crippen molar-refractivity contribution in [2.75, 3.05) is 19.7 Å². The molecule has 0 aliphatic carbocycles. The molecule has 0 amide bonds. The summed E-state index contributed by atoms with van der Waals surface area (Å²) in [6.07, 6.45) is 6.16. The van der Waals surface area contributed by atoms with E-state index in [1.807, 2.05) is 0 Å². The van der Waals surface area contributed by atoms with E-state index >= 15 is 0 Å². The van der Waals surface area contributed by atoms with Crippen LogP contribution in [0.1, 0.15) is 52.6 Å². The first-order valence-corrected chi connectivity index (χ1v) is 13.6. The van der Waals surface area contributed by atoms with E-state index < -0.39 is 11.8 Å². The average Bonchev–Trinajstić information content (AvgIpc) is 3.30. The zero-order valence-corrected chi connectivity index (χ0v) is 22.4. The van der Waals surface area contributed by atoms with Gasteiger partial charge < -0.3 is 19.1 Å². The topological polar surface area (TPSA) is 107 Å². The highest BCUT2D eigenvalue weighted by Gasteiger charge is 2.26. The van der Waals surface area contributed by atoms with E-state index in [0.717, 1.165) is 61.5 Å². The van der Waals surface area contributed by atoms with Crippen LogP contribution in [-0.4, -0.2) is 61.3 Å². The first-order chi connectivity index (χ1) is 20.0. The monoisotopic (exact) mass is 556 g/mol. The number of hydrogen-bond acceptors (Lipinski definition) is 7. The lowest BCUT2D eigenvalue weighted by atomic mass is 9.94. The van der Waals surface area contributed by atoms with Crippen molar-refractivity contribution in [2.24, 2.45) is 0 Å². The van der Waals surface area contributed by atoms with Crippen LogP contribution in [0.4, 0.5) is 10.1 Å². The van der Waals surface area contributed by atoms with Crippen LogP contribution in [0.15, 0.2) is 48.8 Å². The molecule has 0 unspecified atom stereocenters.